The number of aliphatic hydroxyl groups excluding tert-OH is 1. The first kappa shape index (κ1) is 23.6. The van der Waals surface area contributed by atoms with Gasteiger partial charge in [-0.25, -0.2) is 0 Å². The van der Waals surface area contributed by atoms with Crippen LogP contribution in [0.1, 0.15) is 52.0 Å². The lowest BCUT2D eigenvalue weighted by Crippen LogP contribution is -2.27. The zero-order valence-corrected chi connectivity index (χ0v) is 20.1. The van der Waals surface area contributed by atoms with E-state index in [0.29, 0.717) is 35.0 Å². The van der Waals surface area contributed by atoms with Crippen LogP contribution in [0.15, 0.2) is 60.7 Å². The van der Waals surface area contributed by atoms with E-state index in [9.17, 15) is 9.90 Å². The van der Waals surface area contributed by atoms with Crippen molar-refractivity contribution in [2.24, 2.45) is 0 Å². The van der Waals surface area contributed by atoms with Gasteiger partial charge in [-0.2, -0.15) is 0 Å². The lowest BCUT2D eigenvalue weighted by molar-refractivity contribution is 0.0913. The molecule has 0 aromatic heterocycles. The maximum absolute atomic E-state index is 13.3. The first-order valence-electron chi connectivity index (χ1n) is 11.4. The van der Waals surface area contributed by atoms with E-state index in [1.807, 2.05) is 82.3 Å². The van der Waals surface area contributed by atoms with Gasteiger partial charge in [-0.3, -0.25) is 4.79 Å². The Bertz CT molecular complexity index is 1230. The first-order chi connectivity index (χ1) is 16.3. The van der Waals surface area contributed by atoms with Crippen LogP contribution in [0.2, 0.25) is 0 Å². The summed E-state index contributed by atoms with van der Waals surface area (Å²) in [7, 11) is 0. The van der Waals surface area contributed by atoms with Crippen molar-refractivity contribution < 1.29 is 24.1 Å². The number of aryl methyl sites for hydroxylation is 1. The zero-order chi connectivity index (χ0) is 24.3. The molecule has 3 aromatic rings. The monoisotopic (exact) mass is 458 g/mol. The third kappa shape index (κ3) is 5.00. The van der Waals surface area contributed by atoms with Crippen LogP contribution >= 0.6 is 0 Å². The van der Waals surface area contributed by atoms with Gasteiger partial charge in [-0.15, -0.1) is 0 Å². The number of ketones is 1. The topological polar surface area (TPSA) is 65.0 Å². The second kappa shape index (κ2) is 9.74. The number of ether oxygens (including phenoxy) is 3. The van der Waals surface area contributed by atoms with E-state index in [2.05, 4.69) is 0 Å². The first-order valence-corrected chi connectivity index (χ1v) is 11.4. The van der Waals surface area contributed by atoms with E-state index in [1.54, 1.807) is 12.1 Å². The minimum absolute atomic E-state index is 0.190. The molecular weight excluding hydrogens is 428 g/mol. The molecule has 1 aliphatic heterocycles. The molecule has 34 heavy (non-hydrogen) atoms. The molecular formula is C29H30O5. The molecule has 1 heterocycles. The second-order valence-corrected chi connectivity index (χ2v) is 9.03. The summed E-state index contributed by atoms with van der Waals surface area (Å²) in [5, 5.41) is 9.84. The Balaban J connectivity index is 1.58. The molecule has 0 fully saturated rings. The Morgan fingerprint density at radius 1 is 0.971 bits per heavy atom. The van der Waals surface area contributed by atoms with Crippen LogP contribution < -0.4 is 14.2 Å². The van der Waals surface area contributed by atoms with Gasteiger partial charge in [0.25, 0.3) is 0 Å². The maximum atomic E-state index is 13.3. The number of hydrogen-bond acceptors (Lipinski definition) is 5. The molecule has 0 radical (unpaired) electrons. The highest BCUT2D eigenvalue weighted by Crippen LogP contribution is 2.39. The van der Waals surface area contributed by atoms with Crippen molar-refractivity contribution in [3.63, 3.8) is 0 Å². The fourth-order valence-electron chi connectivity index (χ4n) is 3.91. The molecule has 0 spiro atoms. The SMILES string of the molecule is Cc1ccc(C(=O)COc2c(CO)ccc3c2C=CC(C)(C)O3)c(OCc2ccccc2)c1C. The lowest BCUT2D eigenvalue weighted by Gasteiger charge is -2.29. The van der Waals surface area contributed by atoms with Gasteiger partial charge in [-0.05, 0) is 74.7 Å². The van der Waals surface area contributed by atoms with Crippen LogP contribution in [-0.4, -0.2) is 23.1 Å². The number of rotatable bonds is 8. The van der Waals surface area contributed by atoms with Gasteiger partial charge < -0.3 is 19.3 Å². The van der Waals surface area contributed by atoms with Crippen LogP contribution in [0.4, 0.5) is 0 Å². The van der Waals surface area contributed by atoms with E-state index in [1.165, 1.54) is 0 Å². The van der Waals surface area contributed by atoms with Crippen molar-refractivity contribution in [1.29, 1.82) is 0 Å². The van der Waals surface area contributed by atoms with Crippen LogP contribution in [-0.2, 0) is 13.2 Å². The van der Waals surface area contributed by atoms with Gasteiger partial charge in [0.2, 0.25) is 5.78 Å². The molecule has 1 N–H and O–H groups in total. The van der Waals surface area contributed by atoms with Gasteiger partial charge in [0.1, 0.15) is 29.5 Å². The highest BCUT2D eigenvalue weighted by atomic mass is 16.5. The predicted molar refractivity (Wildman–Crippen MR) is 133 cm³/mol. The predicted octanol–water partition coefficient (Wildman–Crippen LogP) is 5.82. The highest BCUT2D eigenvalue weighted by Gasteiger charge is 2.26. The summed E-state index contributed by atoms with van der Waals surface area (Å²) < 4.78 is 18.1. The number of hydrogen-bond donors (Lipinski definition) is 1. The van der Waals surface area contributed by atoms with E-state index in [0.717, 1.165) is 22.3 Å². The lowest BCUT2D eigenvalue weighted by atomic mass is 9.99. The van der Waals surface area contributed by atoms with Crippen LogP contribution in [0.5, 0.6) is 17.2 Å². The normalized spacial score (nSPS) is 13.7. The molecule has 0 saturated carbocycles. The summed E-state index contributed by atoms with van der Waals surface area (Å²) in [6.45, 7) is 7.85. The largest absolute Gasteiger partial charge is 0.488 e. The Hall–Kier alpha value is -3.57. The van der Waals surface area contributed by atoms with Crippen molar-refractivity contribution in [3.8, 4) is 17.2 Å². The second-order valence-electron chi connectivity index (χ2n) is 9.03. The summed E-state index contributed by atoms with van der Waals surface area (Å²) >= 11 is 0. The number of carbonyl (C=O) groups excluding carboxylic acids is 1. The van der Waals surface area contributed by atoms with Crippen molar-refractivity contribution in [2.75, 3.05) is 6.61 Å². The molecule has 5 nitrogen and oxygen atoms in total. The zero-order valence-electron chi connectivity index (χ0n) is 20.1. The number of carbonyl (C=O) groups is 1. The van der Waals surface area contributed by atoms with Crippen LogP contribution in [0.25, 0.3) is 6.08 Å². The average molecular weight is 459 g/mol. The number of Topliss-reactive ketones (excluding diaryl/α,β-unsaturated/α-hetero) is 1. The fourth-order valence-corrected chi connectivity index (χ4v) is 3.91. The molecule has 0 bridgehead atoms. The molecule has 0 amide bonds. The van der Waals surface area contributed by atoms with E-state index in [4.69, 9.17) is 14.2 Å². The van der Waals surface area contributed by atoms with E-state index in [-0.39, 0.29) is 19.0 Å². The molecule has 5 heteroatoms. The van der Waals surface area contributed by atoms with Crippen LogP contribution in [0.3, 0.4) is 0 Å². The molecule has 0 saturated heterocycles. The van der Waals surface area contributed by atoms with Gasteiger partial charge in [0, 0.05) is 5.56 Å². The van der Waals surface area contributed by atoms with E-state index < -0.39 is 5.60 Å². The Kier molecular flexibility index (Phi) is 6.75. The van der Waals surface area contributed by atoms with Crippen molar-refractivity contribution in [3.05, 3.63) is 94.1 Å². The Morgan fingerprint density at radius 2 is 1.74 bits per heavy atom. The van der Waals surface area contributed by atoms with Gasteiger partial charge in [0.05, 0.1) is 17.7 Å². The van der Waals surface area contributed by atoms with Crippen molar-refractivity contribution >= 4 is 11.9 Å². The third-order valence-electron chi connectivity index (χ3n) is 5.98. The number of benzene rings is 3. The minimum atomic E-state index is -0.439. The quantitative estimate of drug-likeness (QED) is 0.431. The number of fused-ring (bicyclic) bond motifs is 1. The van der Waals surface area contributed by atoms with Gasteiger partial charge in [0.15, 0.2) is 6.61 Å². The standard InChI is InChI=1S/C29H30O5/c1-19-10-12-23(27(20(19)2)32-17-21-8-6-5-7-9-21)25(31)18-33-28-22(16-30)11-13-26-24(28)14-15-29(3,4)34-26/h5-15,30H,16-18H2,1-4H3. The Morgan fingerprint density at radius 3 is 2.47 bits per heavy atom. The Labute approximate surface area is 200 Å². The summed E-state index contributed by atoms with van der Waals surface area (Å²) in [4.78, 5) is 13.3. The molecule has 0 unspecified atom stereocenters. The summed E-state index contributed by atoms with van der Waals surface area (Å²) in [6, 6.07) is 17.1. The van der Waals surface area contributed by atoms with Gasteiger partial charge in [-0.1, -0.05) is 36.4 Å². The van der Waals surface area contributed by atoms with Crippen molar-refractivity contribution in [1.82, 2.24) is 0 Å². The van der Waals surface area contributed by atoms with Crippen LogP contribution in [0, 0.1) is 13.8 Å². The number of aliphatic hydroxyl groups is 1. The summed E-state index contributed by atoms with van der Waals surface area (Å²) in [5.74, 6) is 1.48. The smallest absolute Gasteiger partial charge is 0.203 e. The summed E-state index contributed by atoms with van der Waals surface area (Å²) in [6.07, 6.45) is 3.85. The molecule has 3 aromatic carbocycles. The van der Waals surface area contributed by atoms with Gasteiger partial charge >= 0.3 is 0 Å². The average Bonchev–Trinajstić information content (AvgIpc) is 2.83. The fraction of sp³-hybridized carbons (Fsp3) is 0.276. The van der Waals surface area contributed by atoms with E-state index >= 15 is 0 Å². The molecule has 0 aliphatic carbocycles. The minimum Gasteiger partial charge on any atom is -0.488 e. The molecule has 1 aliphatic rings. The highest BCUT2D eigenvalue weighted by molar-refractivity contribution is 6.00. The summed E-state index contributed by atoms with van der Waals surface area (Å²) in [5.41, 5.74) is 4.35. The molecule has 4 rings (SSSR count). The molecule has 0 atom stereocenters. The molecule has 176 valence electrons. The maximum Gasteiger partial charge on any atom is 0.203 e. The van der Waals surface area contributed by atoms with Crippen molar-refractivity contribution in [2.45, 2.75) is 46.5 Å². The third-order valence-corrected chi connectivity index (χ3v) is 5.98.